The molecule has 2 aromatic heterocycles. The van der Waals surface area contributed by atoms with Crippen LogP contribution in [-0.4, -0.2) is 27.0 Å². The van der Waals surface area contributed by atoms with E-state index in [1.807, 2.05) is 42.5 Å². The summed E-state index contributed by atoms with van der Waals surface area (Å²) in [5.74, 6) is -0.227. The average Bonchev–Trinajstić information content (AvgIpc) is 2.70. The predicted octanol–water partition coefficient (Wildman–Crippen LogP) is 2.30. The molecule has 0 saturated carbocycles. The first-order chi connectivity index (χ1) is 13.2. The summed E-state index contributed by atoms with van der Waals surface area (Å²) in [6.07, 6.45) is 2.04. The molecule has 134 valence electrons. The van der Waals surface area contributed by atoms with E-state index in [-0.39, 0.29) is 18.0 Å². The van der Waals surface area contributed by atoms with Gasteiger partial charge in [-0.15, -0.1) is 0 Å². The van der Waals surface area contributed by atoms with Gasteiger partial charge in [0, 0.05) is 24.0 Å². The van der Waals surface area contributed by atoms with Crippen LogP contribution >= 0.6 is 0 Å². The third-order valence-electron chi connectivity index (χ3n) is 4.40. The highest BCUT2D eigenvalue weighted by Crippen LogP contribution is 2.11. The lowest BCUT2D eigenvalue weighted by molar-refractivity contribution is -0.121. The number of para-hydroxylation sites is 2. The molecule has 0 unspecified atom stereocenters. The van der Waals surface area contributed by atoms with Crippen molar-refractivity contribution < 1.29 is 4.79 Å². The summed E-state index contributed by atoms with van der Waals surface area (Å²) in [6, 6.07) is 19.0. The molecule has 0 radical (unpaired) electrons. The molecule has 6 heteroatoms. The van der Waals surface area contributed by atoms with Crippen molar-refractivity contribution in [1.29, 1.82) is 0 Å². The van der Waals surface area contributed by atoms with Crippen LogP contribution in [0.15, 0.2) is 71.8 Å². The molecular weight excluding hydrogens is 340 g/mol. The molecular formula is C21H18N4O2. The lowest BCUT2D eigenvalue weighted by atomic mass is 10.2. The molecule has 0 bridgehead atoms. The quantitative estimate of drug-likeness (QED) is 0.594. The van der Waals surface area contributed by atoms with Gasteiger partial charge < -0.3 is 5.32 Å². The fourth-order valence-corrected chi connectivity index (χ4v) is 3.01. The van der Waals surface area contributed by atoms with Crippen molar-refractivity contribution in [2.45, 2.75) is 13.0 Å². The Morgan fingerprint density at radius 2 is 1.74 bits per heavy atom. The summed E-state index contributed by atoms with van der Waals surface area (Å²) in [5.41, 5.74) is 2.27. The van der Waals surface area contributed by atoms with Crippen molar-refractivity contribution in [3.05, 3.63) is 83.0 Å². The number of hydrogen-bond donors (Lipinski definition) is 1. The number of aromatic nitrogens is 3. The largest absolute Gasteiger partial charge is 0.354 e. The summed E-state index contributed by atoms with van der Waals surface area (Å²) < 4.78 is 1.33. The van der Waals surface area contributed by atoms with Crippen LogP contribution in [0.4, 0.5) is 0 Å². The molecule has 0 atom stereocenters. The molecule has 4 rings (SSSR count). The number of nitrogens with zero attached hydrogens (tertiary/aromatic N) is 3. The number of pyridine rings is 1. The van der Waals surface area contributed by atoms with Gasteiger partial charge in [0.05, 0.1) is 22.7 Å². The van der Waals surface area contributed by atoms with Gasteiger partial charge >= 0.3 is 0 Å². The maximum atomic E-state index is 12.4. The standard InChI is InChI=1S/C21H18N4O2/c26-20(13-25-14-23-19-8-4-2-6-17(19)21(25)27)22-12-11-16-10-9-15-5-1-3-7-18(15)24-16/h1-10,14H,11-13H2,(H,22,26). The second-order valence-corrected chi connectivity index (χ2v) is 6.29. The van der Waals surface area contributed by atoms with Gasteiger partial charge in [0.2, 0.25) is 5.91 Å². The SMILES string of the molecule is O=C(Cn1cnc2ccccc2c1=O)NCCc1ccc2ccccc2n1. The Morgan fingerprint density at radius 1 is 0.963 bits per heavy atom. The Bertz CT molecular complexity index is 1180. The van der Waals surface area contributed by atoms with E-state index >= 15 is 0 Å². The molecule has 0 aliphatic rings. The Balaban J connectivity index is 1.38. The first kappa shape index (κ1) is 16.9. The first-order valence-electron chi connectivity index (χ1n) is 8.76. The smallest absolute Gasteiger partial charge is 0.261 e. The second-order valence-electron chi connectivity index (χ2n) is 6.29. The van der Waals surface area contributed by atoms with Crippen LogP contribution in [0.25, 0.3) is 21.8 Å². The van der Waals surface area contributed by atoms with Crippen molar-refractivity contribution in [2.24, 2.45) is 0 Å². The zero-order valence-electron chi connectivity index (χ0n) is 14.6. The summed E-state index contributed by atoms with van der Waals surface area (Å²) in [6.45, 7) is 0.405. The highest BCUT2D eigenvalue weighted by atomic mass is 16.2. The lowest BCUT2D eigenvalue weighted by Gasteiger charge is -2.08. The zero-order valence-corrected chi connectivity index (χ0v) is 14.6. The van der Waals surface area contributed by atoms with Crippen LogP contribution in [0.1, 0.15) is 5.69 Å². The number of carbonyl (C=O) groups excluding carboxylic acids is 1. The third kappa shape index (κ3) is 3.69. The fraction of sp³-hybridized carbons (Fsp3) is 0.143. The van der Waals surface area contributed by atoms with Gasteiger partial charge in [0.25, 0.3) is 5.56 Å². The molecule has 2 heterocycles. The number of nitrogens with one attached hydrogen (secondary N) is 1. The Hall–Kier alpha value is -3.54. The minimum atomic E-state index is -0.227. The Labute approximate surface area is 155 Å². The van der Waals surface area contributed by atoms with Crippen LogP contribution in [0.2, 0.25) is 0 Å². The number of fused-ring (bicyclic) bond motifs is 2. The maximum Gasteiger partial charge on any atom is 0.261 e. The molecule has 0 spiro atoms. The van der Waals surface area contributed by atoms with E-state index in [1.165, 1.54) is 10.9 Å². The van der Waals surface area contributed by atoms with E-state index in [9.17, 15) is 9.59 Å². The minimum absolute atomic E-state index is 0.0538. The number of rotatable bonds is 5. The van der Waals surface area contributed by atoms with Crippen LogP contribution < -0.4 is 10.9 Å². The van der Waals surface area contributed by atoms with E-state index in [4.69, 9.17) is 0 Å². The van der Waals surface area contributed by atoms with Crippen molar-refractivity contribution >= 4 is 27.7 Å². The molecule has 0 saturated heterocycles. The number of amides is 1. The highest BCUT2D eigenvalue weighted by molar-refractivity contribution is 5.79. The molecule has 4 aromatic rings. The molecule has 0 fully saturated rings. The first-order valence-corrected chi connectivity index (χ1v) is 8.76. The van der Waals surface area contributed by atoms with Gasteiger partial charge in [-0.25, -0.2) is 4.98 Å². The lowest BCUT2D eigenvalue weighted by Crippen LogP contribution is -2.33. The average molecular weight is 358 g/mol. The summed E-state index contributed by atoms with van der Waals surface area (Å²) in [5, 5.41) is 4.44. The molecule has 0 aliphatic carbocycles. The highest BCUT2D eigenvalue weighted by Gasteiger charge is 2.08. The van der Waals surface area contributed by atoms with Crippen molar-refractivity contribution in [3.63, 3.8) is 0 Å². The van der Waals surface area contributed by atoms with Gasteiger partial charge in [-0.05, 0) is 24.3 Å². The monoisotopic (exact) mass is 358 g/mol. The Morgan fingerprint density at radius 3 is 2.63 bits per heavy atom. The molecule has 27 heavy (non-hydrogen) atoms. The topological polar surface area (TPSA) is 76.9 Å². The van der Waals surface area contributed by atoms with Gasteiger partial charge in [-0.3, -0.25) is 19.1 Å². The predicted molar refractivity (Wildman–Crippen MR) is 104 cm³/mol. The normalized spacial score (nSPS) is 11.0. The van der Waals surface area contributed by atoms with Crippen LogP contribution in [0.3, 0.4) is 0 Å². The third-order valence-corrected chi connectivity index (χ3v) is 4.40. The van der Waals surface area contributed by atoms with Crippen LogP contribution in [-0.2, 0) is 17.8 Å². The molecule has 0 aliphatic heterocycles. The summed E-state index contributed by atoms with van der Waals surface area (Å²) in [4.78, 5) is 33.4. The maximum absolute atomic E-state index is 12.4. The van der Waals surface area contributed by atoms with E-state index in [0.717, 1.165) is 16.6 Å². The summed E-state index contributed by atoms with van der Waals surface area (Å²) >= 11 is 0. The van der Waals surface area contributed by atoms with Crippen molar-refractivity contribution in [1.82, 2.24) is 19.9 Å². The molecule has 1 N–H and O–H groups in total. The summed E-state index contributed by atoms with van der Waals surface area (Å²) in [7, 11) is 0. The van der Waals surface area contributed by atoms with Gasteiger partial charge in [-0.2, -0.15) is 0 Å². The Kier molecular flexibility index (Phi) is 4.61. The number of benzene rings is 2. The molecule has 2 aromatic carbocycles. The van der Waals surface area contributed by atoms with E-state index < -0.39 is 0 Å². The van der Waals surface area contributed by atoms with Crippen molar-refractivity contribution in [2.75, 3.05) is 6.54 Å². The van der Waals surface area contributed by atoms with Crippen molar-refractivity contribution in [3.8, 4) is 0 Å². The van der Waals surface area contributed by atoms with E-state index in [0.29, 0.717) is 23.9 Å². The minimum Gasteiger partial charge on any atom is -0.354 e. The number of carbonyl (C=O) groups is 1. The van der Waals surface area contributed by atoms with E-state index in [2.05, 4.69) is 15.3 Å². The van der Waals surface area contributed by atoms with Crippen LogP contribution in [0, 0.1) is 0 Å². The van der Waals surface area contributed by atoms with E-state index in [1.54, 1.807) is 18.2 Å². The van der Waals surface area contributed by atoms with Gasteiger partial charge in [0.1, 0.15) is 6.54 Å². The zero-order chi connectivity index (χ0) is 18.6. The molecule has 6 nitrogen and oxygen atoms in total. The second kappa shape index (κ2) is 7.37. The fourth-order valence-electron chi connectivity index (χ4n) is 3.01. The van der Waals surface area contributed by atoms with Gasteiger partial charge in [0.15, 0.2) is 0 Å². The van der Waals surface area contributed by atoms with Crippen LogP contribution in [0.5, 0.6) is 0 Å². The van der Waals surface area contributed by atoms with Gasteiger partial charge in [-0.1, -0.05) is 36.4 Å². The number of hydrogen-bond acceptors (Lipinski definition) is 4. The molecule has 1 amide bonds.